The van der Waals surface area contributed by atoms with E-state index in [1.54, 1.807) is 30.3 Å². The molecule has 0 bridgehead atoms. The molecular formula is C55H70ClN11O5. The standard InChI is InChI=1S/C55H70ClN11O5/c1-6-35-12-13-38(43(56)26-35)31-58-51(71)46-27-41(68)34-67(46)52(72)48(54(3,4)5)61-50(70)37-14-18-55(19-15-37)29-40(30-55)64-20-16-36(17-21-64)39-32-59-53(60-33-39)66-24-22-65(23-25-66)45-28-44(62-63-49(45)57-7-2)42-10-8-9-11-47(42)69/h1,8-13,26,28,32-33,36-37,40-41,46,48,68-69H,7,14-25,27,29-31,34H2,2-5H3,(H,57,63)(H,58,71)(H,61,70)/t37-,40-,41-,46+,48-,55?/m1/s1. The maximum Gasteiger partial charge on any atom is 0.246 e. The number of terminal acetylenes is 1. The number of nitrogens with zero attached hydrogens (tertiary/aromatic N) is 8. The van der Waals surface area contributed by atoms with Crippen LogP contribution in [0, 0.1) is 29.1 Å². The van der Waals surface area contributed by atoms with E-state index in [1.807, 2.05) is 58.3 Å². The van der Waals surface area contributed by atoms with E-state index in [4.69, 9.17) is 28.0 Å². The number of aliphatic hydroxyl groups is 1. The van der Waals surface area contributed by atoms with Gasteiger partial charge in [-0.05, 0) is 130 Å². The van der Waals surface area contributed by atoms with E-state index in [1.165, 1.54) is 10.5 Å². The van der Waals surface area contributed by atoms with Crippen LogP contribution in [0.5, 0.6) is 5.75 Å². The van der Waals surface area contributed by atoms with Gasteiger partial charge in [-0.1, -0.05) is 56.5 Å². The Morgan fingerprint density at radius 3 is 2.26 bits per heavy atom. The number of aromatic hydroxyl groups is 1. The Balaban J connectivity index is 0.714. The monoisotopic (exact) mass is 1000 g/mol. The van der Waals surface area contributed by atoms with Gasteiger partial charge in [-0.25, -0.2) is 9.97 Å². The highest BCUT2D eigenvalue weighted by Gasteiger charge is 2.50. The number of phenols is 1. The van der Waals surface area contributed by atoms with Crippen molar-refractivity contribution in [1.82, 2.24) is 40.6 Å². The van der Waals surface area contributed by atoms with Crippen LogP contribution in [-0.4, -0.2) is 134 Å². The number of halogens is 1. The van der Waals surface area contributed by atoms with E-state index in [9.17, 15) is 24.6 Å². The Hall–Kier alpha value is -6.02. The molecule has 5 aliphatic rings. The van der Waals surface area contributed by atoms with Crippen LogP contribution in [0.25, 0.3) is 11.3 Å². The van der Waals surface area contributed by atoms with E-state index >= 15 is 0 Å². The van der Waals surface area contributed by atoms with Crippen molar-refractivity contribution in [3.63, 3.8) is 0 Å². The average Bonchev–Trinajstić information content (AvgIpc) is 3.78. The zero-order valence-corrected chi connectivity index (χ0v) is 42.9. The number of carbonyl (C=O) groups excluding carboxylic acids is 3. The van der Waals surface area contributed by atoms with E-state index in [0.717, 1.165) is 115 Å². The van der Waals surface area contributed by atoms with Crippen LogP contribution < -0.4 is 25.8 Å². The minimum atomic E-state index is -0.881. The molecule has 0 unspecified atom stereocenters. The minimum absolute atomic E-state index is 0.0140. The summed E-state index contributed by atoms with van der Waals surface area (Å²) in [5.74, 6) is 3.60. The van der Waals surface area contributed by atoms with Crippen LogP contribution in [0.1, 0.15) is 108 Å². The Morgan fingerprint density at radius 1 is 0.917 bits per heavy atom. The lowest BCUT2D eigenvalue weighted by atomic mass is 9.56. The first-order chi connectivity index (χ1) is 34.6. The van der Waals surface area contributed by atoms with E-state index in [0.29, 0.717) is 39.4 Å². The quantitative estimate of drug-likeness (QED) is 0.0932. The predicted octanol–water partition coefficient (Wildman–Crippen LogP) is 6.36. The highest BCUT2D eigenvalue weighted by molar-refractivity contribution is 6.31. The number of hydrogen-bond acceptors (Lipinski definition) is 13. The minimum Gasteiger partial charge on any atom is -0.507 e. The molecule has 382 valence electrons. The van der Waals surface area contributed by atoms with Crippen LogP contribution in [0.2, 0.25) is 5.02 Å². The summed E-state index contributed by atoms with van der Waals surface area (Å²) in [7, 11) is 0. The van der Waals surface area contributed by atoms with Crippen molar-refractivity contribution in [2.24, 2.45) is 16.7 Å². The number of amides is 3. The molecule has 9 rings (SSSR count). The third kappa shape index (κ3) is 11.1. The molecule has 3 amide bonds. The van der Waals surface area contributed by atoms with Crippen LogP contribution in [0.3, 0.4) is 0 Å². The van der Waals surface area contributed by atoms with Crippen molar-refractivity contribution < 1.29 is 24.6 Å². The maximum absolute atomic E-state index is 14.3. The first-order valence-corrected chi connectivity index (χ1v) is 26.3. The molecule has 2 aliphatic carbocycles. The summed E-state index contributed by atoms with van der Waals surface area (Å²) in [4.78, 5) is 60.1. The number of rotatable bonds is 13. The molecule has 5 N–H and O–H groups in total. The fourth-order valence-corrected chi connectivity index (χ4v) is 12.0. The molecule has 4 aromatic rings. The number of nitrogens with one attached hydrogen (secondary N) is 3. The molecule has 5 fully saturated rings. The lowest BCUT2D eigenvalue weighted by molar-refractivity contribution is -0.145. The van der Waals surface area contributed by atoms with Crippen molar-refractivity contribution in [3.05, 3.63) is 82.6 Å². The van der Waals surface area contributed by atoms with E-state index < -0.39 is 23.6 Å². The van der Waals surface area contributed by atoms with Crippen molar-refractivity contribution in [1.29, 1.82) is 0 Å². The highest BCUT2D eigenvalue weighted by atomic mass is 35.5. The summed E-state index contributed by atoms with van der Waals surface area (Å²) in [6.45, 7) is 13.9. The Kier molecular flexibility index (Phi) is 15.3. The van der Waals surface area contributed by atoms with Gasteiger partial charge in [0.15, 0.2) is 5.82 Å². The topological polar surface area (TPSA) is 192 Å². The van der Waals surface area contributed by atoms with Gasteiger partial charge in [0.2, 0.25) is 23.7 Å². The zero-order valence-electron chi connectivity index (χ0n) is 42.1. The molecule has 3 saturated heterocycles. The van der Waals surface area contributed by atoms with Crippen LogP contribution in [-0.2, 0) is 20.9 Å². The van der Waals surface area contributed by atoms with Gasteiger partial charge in [-0.15, -0.1) is 16.6 Å². The highest BCUT2D eigenvalue weighted by Crippen LogP contribution is 2.55. The first-order valence-electron chi connectivity index (χ1n) is 25.9. The molecule has 0 radical (unpaired) electrons. The van der Waals surface area contributed by atoms with Crippen molar-refractivity contribution in [2.45, 2.75) is 122 Å². The molecule has 1 spiro atoms. The van der Waals surface area contributed by atoms with Crippen molar-refractivity contribution >= 4 is 46.8 Å². The Labute approximate surface area is 428 Å². The van der Waals surface area contributed by atoms with Crippen LogP contribution in [0.15, 0.2) is 60.9 Å². The summed E-state index contributed by atoms with van der Waals surface area (Å²) in [6, 6.07) is 13.2. The third-order valence-corrected chi connectivity index (χ3v) is 16.4. The zero-order chi connectivity index (χ0) is 50.7. The number of anilines is 3. The van der Waals surface area contributed by atoms with Gasteiger partial charge in [-0.2, -0.15) is 0 Å². The fourth-order valence-electron chi connectivity index (χ4n) is 11.7. The second-order valence-corrected chi connectivity index (χ2v) is 22.2. The fraction of sp³-hybridized carbons (Fsp3) is 0.545. The van der Waals surface area contributed by atoms with Gasteiger partial charge in [-0.3, -0.25) is 14.4 Å². The number of β-amino-alcohol motifs (C(OH)–C–C–N with tert-alkyl or cyclic N) is 1. The summed E-state index contributed by atoms with van der Waals surface area (Å²) in [5, 5.41) is 39.8. The Bertz CT molecular complexity index is 2620. The molecule has 3 aliphatic heterocycles. The number of likely N-dealkylation sites (tertiary alicyclic amines) is 2. The third-order valence-electron chi connectivity index (χ3n) is 16.1. The van der Waals surface area contributed by atoms with Gasteiger partial charge in [0.25, 0.3) is 0 Å². The van der Waals surface area contributed by atoms with Gasteiger partial charge in [0, 0.05) is 92.7 Å². The number of aliphatic hydroxyl groups excluding tert-OH is 1. The molecule has 17 heteroatoms. The summed E-state index contributed by atoms with van der Waals surface area (Å²) < 4.78 is 0. The second kappa shape index (κ2) is 21.6. The van der Waals surface area contributed by atoms with E-state index in [2.05, 4.69) is 46.8 Å². The van der Waals surface area contributed by atoms with Gasteiger partial charge in [0.05, 0.1) is 17.5 Å². The molecule has 2 saturated carbocycles. The number of phenolic OH excluding ortho intramolecular Hbond substituents is 1. The number of aromatic nitrogens is 4. The number of piperazine rings is 1. The molecule has 2 aromatic carbocycles. The van der Waals surface area contributed by atoms with Crippen molar-refractivity contribution in [2.75, 3.05) is 67.5 Å². The van der Waals surface area contributed by atoms with Gasteiger partial charge in [0.1, 0.15) is 17.8 Å². The second-order valence-electron chi connectivity index (χ2n) is 21.8. The van der Waals surface area contributed by atoms with E-state index in [-0.39, 0.29) is 54.3 Å². The average molecular weight is 1000 g/mol. The Morgan fingerprint density at radius 2 is 1.61 bits per heavy atom. The number of piperidine rings is 1. The molecule has 5 heterocycles. The smallest absolute Gasteiger partial charge is 0.246 e. The first kappa shape index (κ1) is 50.9. The molecule has 16 nitrogen and oxygen atoms in total. The number of benzene rings is 2. The molecular weight excluding hydrogens is 930 g/mol. The predicted molar refractivity (Wildman–Crippen MR) is 279 cm³/mol. The summed E-state index contributed by atoms with van der Waals surface area (Å²) >= 11 is 6.39. The normalized spacial score (nSPS) is 24.3. The lowest BCUT2D eigenvalue weighted by Gasteiger charge is -2.55. The molecule has 3 atom stereocenters. The lowest BCUT2D eigenvalue weighted by Crippen LogP contribution is -2.59. The number of hydrogen-bond donors (Lipinski definition) is 5. The number of para-hydroxylation sites is 1. The van der Waals surface area contributed by atoms with Gasteiger partial charge < -0.3 is 45.8 Å². The molecule has 72 heavy (non-hydrogen) atoms. The largest absolute Gasteiger partial charge is 0.507 e. The molecule has 2 aromatic heterocycles. The van der Waals surface area contributed by atoms with Crippen LogP contribution in [0.4, 0.5) is 17.5 Å². The number of carbonyl (C=O) groups is 3. The summed E-state index contributed by atoms with van der Waals surface area (Å²) in [5.41, 5.74) is 4.41. The maximum atomic E-state index is 14.3. The summed E-state index contributed by atoms with van der Waals surface area (Å²) in [6.07, 6.45) is 16.9. The SMILES string of the molecule is C#Cc1ccc(CNC(=O)[C@@H]2C[C@@H](O)CN2C(=O)[C@@H](NC(=O)[C@H]2CCC3(CC2)C[C@H](N2CCC(c4cnc(N5CCN(c6cc(-c7ccccc7O)nnc6NCC)CC5)nc4)CC2)C3)C(C)(C)C)c(Cl)c1. The van der Waals surface area contributed by atoms with Crippen LogP contribution >= 0.6 is 11.6 Å². The van der Waals surface area contributed by atoms with Gasteiger partial charge >= 0.3 is 0 Å². The van der Waals surface area contributed by atoms with Crippen molar-refractivity contribution in [3.8, 4) is 29.4 Å².